The van der Waals surface area contributed by atoms with Crippen LogP contribution >= 0.6 is 0 Å². The average molecular weight is 250 g/mol. The molecule has 0 unspecified atom stereocenters. The molecule has 18 heavy (non-hydrogen) atoms. The summed E-state index contributed by atoms with van der Waals surface area (Å²) < 4.78 is 17.9. The van der Waals surface area contributed by atoms with Crippen molar-refractivity contribution in [1.29, 1.82) is 0 Å². The van der Waals surface area contributed by atoms with Crippen molar-refractivity contribution < 1.29 is 13.9 Å². The van der Waals surface area contributed by atoms with Crippen LogP contribution in [0.15, 0.2) is 24.3 Å². The molecule has 1 aromatic carbocycles. The number of nitrogens with one attached hydrogen (secondary N) is 2. The molecule has 0 fully saturated rings. The van der Waals surface area contributed by atoms with Crippen LogP contribution < -0.4 is 15.8 Å². The van der Waals surface area contributed by atoms with Crippen LogP contribution in [0.2, 0.25) is 0 Å². The van der Waals surface area contributed by atoms with Gasteiger partial charge >= 0.3 is 0 Å². The second-order valence-corrected chi connectivity index (χ2v) is 3.51. The number of aromatic amines is 1. The summed E-state index contributed by atoms with van der Waals surface area (Å²) in [6.45, 7) is 0. The standard InChI is InChI=1S/C11H11FN4O2/c1-18-9-4-6(12)2-3-7(9)14-11(17)8-5-10(13)16-15-8/h2-5H,1H3,(H,14,17)(H3,13,15,16). The number of carbonyl (C=O) groups excluding carboxylic acids is 1. The van der Waals surface area contributed by atoms with E-state index in [2.05, 4.69) is 15.5 Å². The first kappa shape index (κ1) is 11.9. The molecule has 2 rings (SSSR count). The third kappa shape index (κ3) is 2.40. The first-order valence-corrected chi connectivity index (χ1v) is 5.06. The minimum atomic E-state index is -0.448. The highest BCUT2D eigenvalue weighted by Gasteiger charge is 2.12. The number of amides is 1. The number of aromatic nitrogens is 2. The van der Waals surface area contributed by atoms with E-state index < -0.39 is 11.7 Å². The molecule has 0 aliphatic carbocycles. The van der Waals surface area contributed by atoms with Crippen molar-refractivity contribution in [2.24, 2.45) is 0 Å². The third-order valence-corrected chi connectivity index (χ3v) is 2.25. The number of halogens is 1. The predicted molar refractivity (Wildman–Crippen MR) is 63.9 cm³/mol. The zero-order valence-corrected chi connectivity index (χ0v) is 9.53. The highest BCUT2D eigenvalue weighted by molar-refractivity contribution is 6.04. The van der Waals surface area contributed by atoms with Gasteiger partial charge in [-0.15, -0.1) is 0 Å². The van der Waals surface area contributed by atoms with Crippen LogP contribution in [0.3, 0.4) is 0 Å². The van der Waals surface area contributed by atoms with E-state index in [-0.39, 0.29) is 17.3 Å². The van der Waals surface area contributed by atoms with Crippen molar-refractivity contribution in [3.63, 3.8) is 0 Å². The quantitative estimate of drug-likeness (QED) is 0.767. The lowest BCUT2D eigenvalue weighted by molar-refractivity contribution is 0.102. The Balaban J connectivity index is 2.21. The van der Waals surface area contributed by atoms with Crippen LogP contribution in [-0.4, -0.2) is 23.2 Å². The fourth-order valence-electron chi connectivity index (χ4n) is 1.41. The van der Waals surface area contributed by atoms with Gasteiger partial charge < -0.3 is 15.8 Å². The molecule has 6 nitrogen and oxygen atoms in total. The summed E-state index contributed by atoms with van der Waals surface area (Å²) in [5.74, 6) is -0.443. The van der Waals surface area contributed by atoms with E-state index in [1.807, 2.05) is 0 Å². The number of anilines is 2. The number of rotatable bonds is 3. The maximum Gasteiger partial charge on any atom is 0.273 e. The molecule has 0 radical (unpaired) electrons. The third-order valence-electron chi connectivity index (χ3n) is 2.25. The number of H-pyrrole nitrogens is 1. The summed E-state index contributed by atoms with van der Waals surface area (Å²) in [6.07, 6.45) is 0. The number of ether oxygens (including phenoxy) is 1. The lowest BCUT2D eigenvalue weighted by atomic mass is 10.2. The van der Waals surface area contributed by atoms with Crippen molar-refractivity contribution in [3.05, 3.63) is 35.8 Å². The second-order valence-electron chi connectivity index (χ2n) is 3.51. The van der Waals surface area contributed by atoms with E-state index in [0.29, 0.717) is 5.69 Å². The normalized spacial score (nSPS) is 10.1. The number of nitrogens with zero attached hydrogens (tertiary/aromatic N) is 1. The minimum absolute atomic E-state index is 0.207. The molecule has 0 saturated carbocycles. The van der Waals surface area contributed by atoms with Crippen LogP contribution in [0.25, 0.3) is 0 Å². The Hall–Kier alpha value is -2.57. The van der Waals surface area contributed by atoms with Gasteiger partial charge in [0.15, 0.2) is 0 Å². The van der Waals surface area contributed by atoms with E-state index in [9.17, 15) is 9.18 Å². The SMILES string of the molecule is COc1cc(F)ccc1NC(=O)c1cc(N)n[nH]1. The molecule has 1 amide bonds. The second kappa shape index (κ2) is 4.74. The molecule has 0 atom stereocenters. The number of carbonyl (C=O) groups is 1. The minimum Gasteiger partial charge on any atom is -0.494 e. The maximum atomic E-state index is 13.0. The van der Waals surface area contributed by atoms with Crippen LogP contribution in [0.5, 0.6) is 5.75 Å². The smallest absolute Gasteiger partial charge is 0.273 e. The zero-order valence-electron chi connectivity index (χ0n) is 9.53. The monoisotopic (exact) mass is 250 g/mol. The molecule has 1 heterocycles. The summed E-state index contributed by atoms with van der Waals surface area (Å²) in [5.41, 5.74) is 5.95. The molecule has 0 aliphatic heterocycles. The molecular weight excluding hydrogens is 239 g/mol. The van der Waals surface area contributed by atoms with Gasteiger partial charge in [0, 0.05) is 12.1 Å². The van der Waals surface area contributed by atoms with Gasteiger partial charge in [0.1, 0.15) is 23.1 Å². The van der Waals surface area contributed by atoms with Crippen LogP contribution in [-0.2, 0) is 0 Å². The summed E-state index contributed by atoms with van der Waals surface area (Å²) in [6, 6.07) is 5.20. The van der Waals surface area contributed by atoms with Gasteiger partial charge in [0.2, 0.25) is 0 Å². The molecule has 0 saturated heterocycles. The van der Waals surface area contributed by atoms with Crippen LogP contribution in [0, 0.1) is 5.82 Å². The Kier molecular flexibility index (Phi) is 3.13. The molecule has 7 heteroatoms. The lowest BCUT2D eigenvalue weighted by Gasteiger charge is -2.09. The summed E-state index contributed by atoms with van der Waals surface area (Å²) in [4.78, 5) is 11.8. The van der Waals surface area contributed by atoms with Crippen LogP contribution in [0.4, 0.5) is 15.9 Å². The van der Waals surface area contributed by atoms with Crippen molar-refractivity contribution >= 4 is 17.4 Å². The van der Waals surface area contributed by atoms with Crippen molar-refractivity contribution in [2.75, 3.05) is 18.2 Å². The highest BCUT2D eigenvalue weighted by atomic mass is 19.1. The van der Waals surface area contributed by atoms with Gasteiger partial charge in [0.25, 0.3) is 5.91 Å². The van der Waals surface area contributed by atoms with Crippen molar-refractivity contribution in [3.8, 4) is 5.75 Å². The van der Waals surface area contributed by atoms with Crippen molar-refractivity contribution in [1.82, 2.24) is 10.2 Å². The Labute approximate surface area is 102 Å². The number of methoxy groups -OCH3 is 1. The largest absolute Gasteiger partial charge is 0.494 e. The number of benzene rings is 1. The summed E-state index contributed by atoms with van der Waals surface area (Å²) >= 11 is 0. The molecule has 2 aromatic rings. The van der Waals surface area contributed by atoms with E-state index in [1.165, 1.54) is 31.4 Å². The Bertz CT molecular complexity index is 582. The van der Waals surface area contributed by atoms with E-state index in [1.54, 1.807) is 0 Å². The number of nitrogens with two attached hydrogens (primary N) is 1. The molecule has 4 N–H and O–H groups in total. The van der Waals surface area contributed by atoms with Crippen LogP contribution in [0.1, 0.15) is 10.5 Å². The maximum absolute atomic E-state index is 13.0. The number of hydrogen-bond acceptors (Lipinski definition) is 4. The number of hydrogen-bond donors (Lipinski definition) is 3. The lowest BCUT2D eigenvalue weighted by Crippen LogP contribution is -2.13. The van der Waals surface area contributed by atoms with E-state index >= 15 is 0 Å². The van der Waals surface area contributed by atoms with Gasteiger partial charge in [-0.25, -0.2) is 4.39 Å². The van der Waals surface area contributed by atoms with Gasteiger partial charge in [-0.05, 0) is 12.1 Å². The summed E-state index contributed by atoms with van der Waals surface area (Å²) in [7, 11) is 1.39. The van der Waals surface area contributed by atoms with E-state index in [4.69, 9.17) is 10.5 Å². The fourth-order valence-corrected chi connectivity index (χ4v) is 1.41. The first-order chi connectivity index (χ1) is 8.60. The highest BCUT2D eigenvalue weighted by Crippen LogP contribution is 2.25. The summed E-state index contributed by atoms with van der Waals surface area (Å²) in [5, 5.41) is 8.67. The zero-order chi connectivity index (χ0) is 13.1. The molecule has 0 aliphatic rings. The van der Waals surface area contributed by atoms with E-state index in [0.717, 1.165) is 0 Å². The first-order valence-electron chi connectivity index (χ1n) is 5.06. The molecule has 0 bridgehead atoms. The van der Waals surface area contributed by atoms with Gasteiger partial charge in [-0.3, -0.25) is 9.89 Å². The van der Waals surface area contributed by atoms with Gasteiger partial charge in [-0.2, -0.15) is 5.10 Å². The topological polar surface area (TPSA) is 93.0 Å². The molecule has 94 valence electrons. The Morgan fingerprint density at radius 1 is 1.50 bits per heavy atom. The number of nitrogen functional groups attached to an aromatic ring is 1. The Morgan fingerprint density at radius 3 is 2.89 bits per heavy atom. The molecule has 0 spiro atoms. The molecular formula is C11H11FN4O2. The predicted octanol–water partition coefficient (Wildman–Crippen LogP) is 1.39. The average Bonchev–Trinajstić information content (AvgIpc) is 2.78. The molecule has 1 aromatic heterocycles. The Morgan fingerprint density at radius 2 is 2.28 bits per heavy atom. The fraction of sp³-hybridized carbons (Fsp3) is 0.0909. The van der Waals surface area contributed by atoms with Gasteiger partial charge in [-0.1, -0.05) is 0 Å². The van der Waals surface area contributed by atoms with Crippen molar-refractivity contribution in [2.45, 2.75) is 0 Å². The van der Waals surface area contributed by atoms with Gasteiger partial charge in [0.05, 0.1) is 12.8 Å².